The van der Waals surface area contributed by atoms with Gasteiger partial charge in [-0.1, -0.05) is 42.5 Å². The normalized spacial score (nSPS) is 24.5. The lowest BCUT2D eigenvalue weighted by Gasteiger charge is -2.22. The van der Waals surface area contributed by atoms with Crippen molar-refractivity contribution in [2.24, 2.45) is 0 Å². The van der Waals surface area contributed by atoms with Crippen molar-refractivity contribution in [1.82, 2.24) is 10.2 Å². The Morgan fingerprint density at radius 3 is 2.71 bits per heavy atom. The molecular formula is C19H24N2. The minimum atomic E-state index is 0.417. The lowest BCUT2D eigenvalue weighted by Crippen LogP contribution is -2.35. The average molecular weight is 280 g/mol. The molecule has 1 saturated carbocycles. The maximum absolute atomic E-state index is 3.86. The average Bonchev–Trinajstić information content (AvgIpc) is 3.27. The highest BCUT2D eigenvalue weighted by atomic mass is 15.2. The third-order valence-corrected chi connectivity index (χ3v) is 5.06. The Morgan fingerprint density at radius 1 is 1.05 bits per heavy atom. The molecule has 21 heavy (non-hydrogen) atoms. The standard InChI is InChI=1S/C19H24N2/c1-14(20-16-11-12-21(13-16)17-9-10-17)18-8-4-6-15-5-2-3-7-19(15)18/h2-8,14,16-17,20H,9-13H2,1H3. The van der Waals surface area contributed by atoms with Crippen molar-refractivity contribution >= 4 is 10.8 Å². The van der Waals surface area contributed by atoms with E-state index in [-0.39, 0.29) is 0 Å². The number of fused-ring (bicyclic) bond motifs is 1. The van der Waals surface area contributed by atoms with Crippen molar-refractivity contribution in [2.75, 3.05) is 13.1 Å². The smallest absolute Gasteiger partial charge is 0.0301 e. The molecule has 1 aliphatic carbocycles. The molecule has 2 heteroatoms. The summed E-state index contributed by atoms with van der Waals surface area (Å²) >= 11 is 0. The van der Waals surface area contributed by atoms with Crippen LogP contribution in [-0.4, -0.2) is 30.1 Å². The van der Waals surface area contributed by atoms with Crippen molar-refractivity contribution in [2.45, 2.75) is 44.3 Å². The summed E-state index contributed by atoms with van der Waals surface area (Å²) < 4.78 is 0. The van der Waals surface area contributed by atoms with Crippen molar-refractivity contribution in [1.29, 1.82) is 0 Å². The van der Waals surface area contributed by atoms with E-state index in [1.165, 1.54) is 48.7 Å². The third kappa shape index (κ3) is 2.70. The lowest BCUT2D eigenvalue weighted by atomic mass is 9.99. The summed E-state index contributed by atoms with van der Waals surface area (Å²) in [5, 5.41) is 6.59. The summed E-state index contributed by atoms with van der Waals surface area (Å²) in [5.41, 5.74) is 1.43. The van der Waals surface area contributed by atoms with Gasteiger partial charge in [0.15, 0.2) is 0 Å². The minimum absolute atomic E-state index is 0.417. The Labute approximate surface area is 127 Å². The van der Waals surface area contributed by atoms with Gasteiger partial charge in [0.05, 0.1) is 0 Å². The van der Waals surface area contributed by atoms with E-state index in [1.807, 2.05) is 0 Å². The topological polar surface area (TPSA) is 15.3 Å². The first-order valence-corrected chi connectivity index (χ1v) is 8.29. The molecule has 2 nitrogen and oxygen atoms in total. The summed E-state index contributed by atoms with van der Waals surface area (Å²) in [4.78, 5) is 2.67. The second kappa shape index (κ2) is 5.43. The number of hydrogen-bond acceptors (Lipinski definition) is 2. The van der Waals surface area contributed by atoms with E-state index in [0.717, 1.165) is 6.04 Å². The SMILES string of the molecule is CC(NC1CCN(C2CC2)C1)c1cccc2ccccc12. The largest absolute Gasteiger partial charge is 0.306 e. The Kier molecular flexibility index (Phi) is 3.44. The highest BCUT2D eigenvalue weighted by Gasteiger charge is 2.34. The van der Waals surface area contributed by atoms with Crippen LogP contribution in [0.4, 0.5) is 0 Å². The molecule has 2 fully saturated rings. The molecular weight excluding hydrogens is 256 g/mol. The predicted octanol–water partition coefficient (Wildman–Crippen LogP) is 3.73. The zero-order valence-corrected chi connectivity index (χ0v) is 12.8. The van der Waals surface area contributed by atoms with Crippen molar-refractivity contribution in [3.8, 4) is 0 Å². The van der Waals surface area contributed by atoms with Crippen LogP contribution >= 0.6 is 0 Å². The molecule has 0 radical (unpaired) electrons. The number of rotatable bonds is 4. The summed E-state index contributed by atoms with van der Waals surface area (Å²) in [7, 11) is 0. The highest BCUT2D eigenvalue weighted by molar-refractivity contribution is 5.86. The van der Waals surface area contributed by atoms with Crippen LogP contribution in [0.5, 0.6) is 0 Å². The van der Waals surface area contributed by atoms with Crippen LogP contribution in [0.15, 0.2) is 42.5 Å². The fraction of sp³-hybridized carbons (Fsp3) is 0.474. The molecule has 2 aromatic carbocycles. The lowest BCUT2D eigenvalue weighted by molar-refractivity contribution is 0.314. The van der Waals surface area contributed by atoms with Gasteiger partial charge >= 0.3 is 0 Å². The molecule has 1 N–H and O–H groups in total. The number of benzene rings is 2. The Bertz CT molecular complexity index is 627. The van der Waals surface area contributed by atoms with Gasteiger partial charge in [-0.3, -0.25) is 4.90 Å². The van der Waals surface area contributed by atoms with Gasteiger partial charge in [-0.25, -0.2) is 0 Å². The maximum atomic E-state index is 3.86. The van der Waals surface area contributed by atoms with E-state index < -0.39 is 0 Å². The Morgan fingerprint density at radius 2 is 1.86 bits per heavy atom. The van der Waals surface area contributed by atoms with Crippen LogP contribution < -0.4 is 5.32 Å². The van der Waals surface area contributed by atoms with E-state index in [9.17, 15) is 0 Å². The first kappa shape index (κ1) is 13.3. The van der Waals surface area contributed by atoms with E-state index >= 15 is 0 Å². The second-order valence-electron chi connectivity index (χ2n) is 6.67. The Hall–Kier alpha value is -1.38. The molecule has 2 unspecified atom stereocenters. The molecule has 1 heterocycles. The quantitative estimate of drug-likeness (QED) is 0.918. The van der Waals surface area contributed by atoms with E-state index in [0.29, 0.717) is 12.1 Å². The van der Waals surface area contributed by atoms with E-state index in [2.05, 4.69) is 59.6 Å². The van der Waals surface area contributed by atoms with Crippen LogP contribution in [0.2, 0.25) is 0 Å². The van der Waals surface area contributed by atoms with Gasteiger partial charge in [-0.15, -0.1) is 0 Å². The van der Waals surface area contributed by atoms with Crippen LogP contribution in [0.1, 0.15) is 37.8 Å². The van der Waals surface area contributed by atoms with Gasteiger partial charge in [-0.2, -0.15) is 0 Å². The fourth-order valence-electron chi connectivity index (χ4n) is 3.77. The van der Waals surface area contributed by atoms with Gasteiger partial charge in [0, 0.05) is 31.2 Å². The summed E-state index contributed by atoms with van der Waals surface area (Å²) in [6.45, 7) is 4.83. The molecule has 0 aromatic heterocycles. The summed E-state index contributed by atoms with van der Waals surface area (Å²) in [6, 6.07) is 17.3. The summed E-state index contributed by atoms with van der Waals surface area (Å²) in [6.07, 6.45) is 4.14. The second-order valence-corrected chi connectivity index (χ2v) is 6.67. The van der Waals surface area contributed by atoms with Crippen LogP contribution in [0, 0.1) is 0 Å². The van der Waals surface area contributed by atoms with Gasteiger partial charge in [0.2, 0.25) is 0 Å². The molecule has 2 aliphatic rings. The first-order valence-electron chi connectivity index (χ1n) is 8.29. The third-order valence-electron chi connectivity index (χ3n) is 5.06. The van der Waals surface area contributed by atoms with Crippen LogP contribution in [-0.2, 0) is 0 Å². The molecule has 2 aromatic rings. The highest BCUT2D eigenvalue weighted by Crippen LogP contribution is 2.31. The van der Waals surface area contributed by atoms with Crippen LogP contribution in [0.3, 0.4) is 0 Å². The molecule has 110 valence electrons. The van der Waals surface area contributed by atoms with Gasteiger partial charge in [0.25, 0.3) is 0 Å². The molecule has 4 rings (SSSR count). The zero-order chi connectivity index (χ0) is 14.2. The molecule has 1 aliphatic heterocycles. The number of likely N-dealkylation sites (tertiary alicyclic amines) is 1. The van der Waals surface area contributed by atoms with Gasteiger partial charge < -0.3 is 5.32 Å². The molecule has 2 atom stereocenters. The van der Waals surface area contributed by atoms with E-state index in [1.54, 1.807) is 0 Å². The first-order chi connectivity index (χ1) is 10.3. The number of hydrogen-bond donors (Lipinski definition) is 1. The molecule has 0 bridgehead atoms. The maximum Gasteiger partial charge on any atom is 0.0301 e. The fourth-order valence-corrected chi connectivity index (χ4v) is 3.77. The molecule has 1 saturated heterocycles. The summed E-state index contributed by atoms with van der Waals surface area (Å²) in [5.74, 6) is 0. The monoisotopic (exact) mass is 280 g/mol. The van der Waals surface area contributed by atoms with Crippen molar-refractivity contribution in [3.63, 3.8) is 0 Å². The number of nitrogens with zero attached hydrogens (tertiary/aromatic N) is 1. The molecule has 0 amide bonds. The predicted molar refractivity (Wildman–Crippen MR) is 88.5 cm³/mol. The minimum Gasteiger partial charge on any atom is -0.306 e. The van der Waals surface area contributed by atoms with E-state index in [4.69, 9.17) is 0 Å². The molecule has 0 spiro atoms. The zero-order valence-electron chi connectivity index (χ0n) is 12.8. The Balaban J connectivity index is 1.50. The van der Waals surface area contributed by atoms with Crippen LogP contribution in [0.25, 0.3) is 10.8 Å². The van der Waals surface area contributed by atoms with Crippen molar-refractivity contribution in [3.05, 3.63) is 48.0 Å². The van der Waals surface area contributed by atoms with Crippen molar-refractivity contribution < 1.29 is 0 Å². The van der Waals surface area contributed by atoms with Gasteiger partial charge in [0.1, 0.15) is 0 Å². The number of nitrogens with one attached hydrogen (secondary N) is 1. The van der Waals surface area contributed by atoms with Gasteiger partial charge in [-0.05, 0) is 42.5 Å².